The Morgan fingerprint density at radius 2 is 1.81 bits per heavy atom. The van der Waals surface area contributed by atoms with Gasteiger partial charge in [-0.25, -0.2) is 14.4 Å². The SMILES string of the molecule is CC[C@@H](C)NC(=O)c1cccc(Nc2ncc(-c3cccc(F)c3)cn2)c1. The summed E-state index contributed by atoms with van der Waals surface area (Å²) in [6, 6.07) is 13.5. The van der Waals surface area contributed by atoms with Crippen molar-refractivity contribution in [1.29, 1.82) is 0 Å². The van der Waals surface area contributed by atoms with Crippen molar-refractivity contribution in [2.24, 2.45) is 0 Å². The van der Waals surface area contributed by atoms with Crippen LogP contribution < -0.4 is 10.6 Å². The zero-order chi connectivity index (χ0) is 19.2. The lowest BCUT2D eigenvalue weighted by Gasteiger charge is -2.12. The largest absolute Gasteiger partial charge is 0.350 e. The van der Waals surface area contributed by atoms with Crippen molar-refractivity contribution < 1.29 is 9.18 Å². The molecule has 1 heterocycles. The van der Waals surface area contributed by atoms with Crippen LogP contribution in [0, 0.1) is 5.82 Å². The number of amides is 1. The lowest BCUT2D eigenvalue weighted by molar-refractivity contribution is 0.0939. The van der Waals surface area contributed by atoms with Gasteiger partial charge in [0, 0.05) is 35.2 Å². The van der Waals surface area contributed by atoms with Gasteiger partial charge in [-0.2, -0.15) is 0 Å². The van der Waals surface area contributed by atoms with Crippen molar-refractivity contribution in [2.75, 3.05) is 5.32 Å². The number of nitrogens with zero attached hydrogens (tertiary/aromatic N) is 2. The van der Waals surface area contributed by atoms with Crippen LogP contribution in [0.25, 0.3) is 11.1 Å². The average molecular weight is 364 g/mol. The minimum absolute atomic E-state index is 0.115. The smallest absolute Gasteiger partial charge is 0.251 e. The van der Waals surface area contributed by atoms with Gasteiger partial charge in [-0.05, 0) is 49.2 Å². The molecule has 3 rings (SSSR count). The van der Waals surface area contributed by atoms with Gasteiger partial charge in [0.1, 0.15) is 5.82 Å². The number of benzene rings is 2. The third-order valence-electron chi connectivity index (χ3n) is 4.18. The molecule has 27 heavy (non-hydrogen) atoms. The van der Waals surface area contributed by atoms with Crippen LogP contribution in [-0.4, -0.2) is 21.9 Å². The molecule has 0 spiro atoms. The Kier molecular flexibility index (Phi) is 5.76. The maximum Gasteiger partial charge on any atom is 0.251 e. The Morgan fingerprint density at radius 3 is 2.52 bits per heavy atom. The Balaban J connectivity index is 1.72. The summed E-state index contributed by atoms with van der Waals surface area (Å²) in [6.07, 6.45) is 4.13. The number of carbonyl (C=O) groups excluding carboxylic acids is 1. The van der Waals surface area contributed by atoms with Crippen LogP contribution in [0.15, 0.2) is 60.9 Å². The number of hydrogen-bond acceptors (Lipinski definition) is 4. The first-order chi connectivity index (χ1) is 13.0. The van der Waals surface area contributed by atoms with Crippen LogP contribution in [0.2, 0.25) is 0 Å². The summed E-state index contributed by atoms with van der Waals surface area (Å²) in [7, 11) is 0. The second-order valence-electron chi connectivity index (χ2n) is 6.29. The highest BCUT2D eigenvalue weighted by atomic mass is 19.1. The maximum absolute atomic E-state index is 13.3. The fraction of sp³-hybridized carbons (Fsp3) is 0.190. The molecular formula is C21H21FN4O. The number of aromatic nitrogens is 2. The van der Waals surface area contributed by atoms with E-state index < -0.39 is 0 Å². The third kappa shape index (κ3) is 4.88. The van der Waals surface area contributed by atoms with Gasteiger partial charge < -0.3 is 10.6 Å². The van der Waals surface area contributed by atoms with E-state index in [1.807, 2.05) is 19.9 Å². The Bertz CT molecular complexity index is 927. The molecule has 1 atom stereocenters. The number of rotatable bonds is 6. The second kappa shape index (κ2) is 8.40. The van der Waals surface area contributed by atoms with Gasteiger partial charge in [0.25, 0.3) is 5.91 Å². The summed E-state index contributed by atoms with van der Waals surface area (Å²) >= 11 is 0. The van der Waals surface area contributed by atoms with Crippen molar-refractivity contribution in [3.05, 3.63) is 72.3 Å². The lowest BCUT2D eigenvalue weighted by atomic mass is 10.1. The minimum Gasteiger partial charge on any atom is -0.350 e. The topological polar surface area (TPSA) is 66.9 Å². The number of anilines is 2. The van der Waals surface area contributed by atoms with E-state index in [9.17, 15) is 9.18 Å². The normalized spacial score (nSPS) is 11.7. The summed E-state index contributed by atoms with van der Waals surface area (Å²) < 4.78 is 13.3. The molecule has 0 radical (unpaired) electrons. The molecule has 5 nitrogen and oxygen atoms in total. The van der Waals surface area contributed by atoms with E-state index in [4.69, 9.17) is 0 Å². The van der Waals surface area contributed by atoms with E-state index in [-0.39, 0.29) is 17.8 Å². The summed E-state index contributed by atoms with van der Waals surface area (Å²) in [5.74, 6) is -0.0211. The molecule has 6 heteroatoms. The van der Waals surface area contributed by atoms with Gasteiger partial charge in [-0.15, -0.1) is 0 Å². The Morgan fingerprint density at radius 1 is 1.07 bits per heavy atom. The maximum atomic E-state index is 13.3. The number of carbonyl (C=O) groups is 1. The quantitative estimate of drug-likeness (QED) is 0.673. The first kappa shape index (κ1) is 18.5. The molecule has 0 saturated carbocycles. The summed E-state index contributed by atoms with van der Waals surface area (Å²) in [5.41, 5.74) is 2.72. The fourth-order valence-corrected chi connectivity index (χ4v) is 2.49. The summed E-state index contributed by atoms with van der Waals surface area (Å²) in [5, 5.41) is 6.02. The molecule has 3 aromatic rings. The van der Waals surface area contributed by atoms with E-state index in [0.29, 0.717) is 22.8 Å². The Labute approximate surface area is 157 Å². The average Bonchev–Trinajstić information content (AvgIpc) is 2.68. The van der Waals surface area contributed by atoms with E-state index in [0.717, 1.165) is 12.0 Å². The van der Waals surface area contributed by atoms with Crippen molar-refractivity contribution in [3.8, 4) is 11.1 Å². The standard InChI is InChI=1S/C21H21FN4O/c1-3-14(2)25-20(27)16-7-5-9-19(11-16)26-21-23-12-17(13-24-21)15-6-4-8-18(22)10-15/h4-14H,3H2,1-2H3,(H,25,27)(H,23,24,26)/t14-/m1/s1. The number of hydrogen-bond donors (Lipinski definition) is 2. The highest BCUT2D eigenvalue weighted by Crippen LogP contribution is 2.20. The van der Waals surface area contributed by atoms with Crippen LogP contribution in [-0.2, 0) is 0 Å². The third-order valence-corrected chi connectivity index (χ3v) is 4.18. The predicted octanol–water partition coefficient (Wildman–Crippen LogP) is 4.55. The van der Waals surface area contributed by atoms with Gasteiger partial charge in [0.15, 0.2) is 0 Å². The molecule has 1 amide bonds. The predicted molar refractivity (Wildman–Crippen MR) is 104 cm³/mol. The van der Waals surface area contributed by atoms with E-state index in [1.165, 1.54) is 12.1 Å². The lowest BCUT2D eigenvalue weighted by Crippen LogP contribution is -2.31. The molecule has 2 N–H and O–H groups in total. The molecule has 1 aromatic heterocycles. The highest BCUT2D eigenvalue weighted by Gasteiger charge is 2.09. The van der Waals surface area contributed by atoms with Crippen molar-refractivity contribution >= 4 is 17.5 Å². The molecule has 0 saturated heterocycles. The van der Waals surface area contributed by atoms with Crippen LogP contribution in [0.5, 0.6) is 0 Å². The molecule has 0 aliphatic heterocycles. The van der Waals surface area contributed by atoms with Crippen LogP contribution in [0.3, 0.4) is 0 Å². The van der Waals surface area contributed by atoms with Gasteiger partial charge in [-0.1, -0.05) is 25.1 Å². The second-order valence-corrected chi connectivity index (χ2v) is 6.29. The molecule has 2 aromatic carbocycles. The highest BCUT2D eigenvalue weighted by molar-refractivity contribution is 5.95. The molecular weight excluding hydrogens is 343 g/mol. The van der Waals surface area contributed by atoms with E-state index >= 15 is 0 Å². The summed E-state index contributed by atoms with van der Waals surface area (Å²) in [4.78, 5) is 20.8. The van der Waals surface area contributed by atoms with E-state index in [2.05, 4.69) is 20.6 Å². The molecule has 0 unspecified atom stereocenters. The molecule has 0 fully saturated rings. The van der Waals surface area contributed by atoms with Gasteiger partial charge >= 0.3 is 0 Å². The zero-order valence-corrected chi connectivity index (χ0v) is 15.2. The monoisotopic (exact) mass is 364 g/mol. The molecule has 0 aliphatic rings. The van der Waals surface area contributed by atoms with Crippen LogP contribution in [0.1, 0.15) is 30.6 Å². The molecule has 138 valence electrons. The van der Waals surface area contributed by atoms with Crippen molar-refractivity contribution in [1.82, 2.24) is 15.3 Å². The minimum atomic E-state index is -0.304. The summed E-state index contributed by atoms with van der Waals surface area (Å²) in [6.45, 7) is 3.99. The van der Waals surface area contributed by atoms with Gasteiger partial charge in [0.05, 0.1) is 0 Å². The van der Waals surface area contributed by atoms with Crippen LogP contribution >= 0.6 is 0 Å². The van der Waals surface area contributed by atoms with Crippen molar-refractivity contribution in [3.63, 3.8) is 0 Å². The number of halogens is 1. The fourth-order valence-electron chi connectivity index (χ4n) is 2.49. The van der Waals surface area contributed by atoms with Crippen molar-refractivity contribution in [2.45, 2.75) is 26.3 Å². The first-order valence-electron chi connectivity index (χ1n) is 8.81. The van der Waals surface area contributed by atoms with Gasteiger partial charge in [0.2, 0.25) is 5.95 Å². The van der Waals surface area contributed by atoms with E-state index in [1.54, 1.807) is 42.7 Å². The van der Waals surface area contributed by atoms with Crippen LogP contribution in [0.4, 0.5) is 16.0 Å². The van der Waals surface area contributed by atoms with Gasteiger partial charge in [-0.3, -0.25) is 4.79 Å². The first-order valence-corrected chi connectivity index (χ1v) is 8.81. The molecule has 0 bridgehead atoms. The Hall–Kier alpha value is -3.28. The molecule has 0 aliphatic carbocycles. The number of nitrogens with one attached hydrogen (secondary N) is 2. The zero-order valence-electron chi connectivity index (χ0n) is 15.2.